The molecule has 0 fully saturated rings. The van der Waals surface area contributed by atoms with Gasteiger partial charge >= 0.3 is 5.97 Å². The number of carbonyl (C=O) groups is 1. The van der Waals surface area contributed by atoms with Crippen LogP contribution in [0.1, 0.15) is 21.5 Å². The highest BCUT2D eigenvalue weighted by Gasteiger charge is 2.10. The van der Waals surface area contributed by atoms with Gasteiger partial charge in [-0.15, -0.1) is 0 Å². The second-order valence-electron chi connectivity index (χ2n) is 4.27. The van der Waals surface area contributed by atoms with Crippen molar-refractivity contribution in [2.45, 2.75) is 13.8 Å². The van der Waals surface area contributed by atoms with Crippen molar-refractivity contribution in [1.82, 2.24) is 0 Å². The first-order valence-electron chi connectivity index (χ1n) is 5.76. The quantitative estimate of drug-likeness (QED) is 0.909. The highest BCUT2D eigenvalue weighted by atomic mass is 19.1. The van der Waals surface area contributed by atoms with E-state index in [1.165, 1.54) is 18.2 Å². The van der Waals surface area contributed by atoms with E-state index in [1.807, 2.05) is 0 Å². The normalized spacial score (nSPS) is 10.3. The Labute approximate surface area is 110 Å². The van der Waals surface area contributed by atoms with Gasteiger partial charge in [0.15, 0.2) is 11.6 Å². The van der Waals surface area contributed by atoms with Crippen LogP contribution >= 0.6 is 0 Å². The first kappa shape index (κ1) is 13.1. The third-order valence-electron chi connectivity index (χ3n) is 2.81. The zero-order valence-corrected chi connectivity index (χ0v) is 10.6. The van der Waals surface area contributed by atoms with E-state index in [9.17, 15) is 9.18 Å². The van der Waals surface area contributed by atoms with E-state index in [0.717, 1.165) is 0 Å². The van der Waals surface area contributed by atoms with Crippen molar-refractivity contribution in [2.75, 3.05) is 0 Å². The van der Waals surface area contributed by atoms with Crippen LogP contribution in [0.15, 0.2) is 36.4 Å². The predicted molar refractivity (Wildman–Crippen MR) is 69.3 cm³/mol. The molecule has 3 nitrogen and oxygen atoms in total. The fraction of sp³-hybridized carbons (Fsp3) is 0.133. The van der Waals surface area contributed by atoms with Crippen molar-refractivity contribution in [3.05, 3.63) is 58.9 Å². The van der Waals surface area contributed by atoms with Crippen LogP contribution in [-0.2, 0) is 0 Å². The molecule has 0 aliphatic carbocycles. The summed E-state index contributed by atoms with van der Waals surface area (Å²) >= 11 is 0. The van der Waals surface area contributed by atoms with Gasteiger partial charge in [-0.3, -0.25) is 0 Å². The molecular weight excluding hydrogens is 247 g/mol. The van der Waals surface area contributed by atoms with Crippen molar-refractivity contribution in [3.63, 3.8) is 0 Å². The van der Waals surface area contributed by atoms with E-state index >= 15 is 0 Å². The van der Waals surface area contributed by atoms with Crippen LogP contribution in [0.25, 0.3) is 0 Å². The molecular formula is C15H13FO3. The number of aryl methyl sites for hydroxylation is 2. The Hall–Kier alpha value is -2.36. The first-order chi connectivity index (χ1) is 8.99. The minimum Gasteiger partial charge on any atom is -0.478 e. The summed E-state index contributed by atoms with van der Waals surface area (Å²) in [6.45, 7) is 3.32. The van der Waals surface area contributed by atoms with Gasteiger partial charge in [0, 0.05) is 0 Å². The molecule has 2 aromatic carbocycles. The van der Waals surface area contributed by atoms with Gasteiger partial charge < -0.3 is 9.84 Å². The number of hydrogen-bond acceptors (Lipinski definition) is 2. The van der Waals surface area contributed by atoms with Crippen LogP contribution in [0.5, 0.6) is 11.5 Å². The Balaban J connectivity index is 2.32. The zero-order valence-electron chi connectivity index (χ0n) is 10.6. The molecule has 0 saturated heterocycles. The third kappa shape index (κ3) is 2.73. The third-order valence-corrected chi connectivity index (χ3v) is 2.81. The maximum atomic E-state index is 13.8. The fourth-order valence-corrected chi connectivity index (χ4v) is 1.77. The van der Waals surface area contributed by atoms with Crippen LogP contribution in [-0.4, -0.2) is 11.1 Å². The number of halogens is 1. The summed E-state index contributed by atoms with van der Waals surface area (Å²) in [6, 6.07) is 9.42. The molecule has 4 heteroatoms. The van der Waals surface area contributed by atoms with E-state index in [-0.39, 0.29) is 11.3 Å². The predicted octanol–water partition coefficient (Wildman–Crippen LogP) is 3.93. The molecule has 0 atom stereocenters. The largest absolute Gasteiger partial charge is 0.478 e. The molecule has 98 valence electrons. The monoisotopic (exact) mass is 260 g/mol. The number of benzene rings is 2. The molecule has 0 aromatic heterocycles. The average Bonchev–Trinajstić information content (AvgIpc) is 2.34. The zero-order chi connectivity index (χ0) is 14.0. The number of aromatic carboxylic acids is 1. The molecule has 1 N–H and O–H groups in total. The Kier molecular flexibility index (Phi) is 3.51. The van der Waals surface area contributed by atoms with Gasteiger partial charge in [0.2, 0.25) is 0 Å². The van der Waals surface area contributed by atoms with Gasteiger partial charge in [0.05, 0.1) is 5.56 Å². The van der Waals surface area contributed by atoms with Crippen molar-refractivity contribution >= 4 is 5.97 Å². The van der Waals surface area contributed by atoms with Crippen LogP contribution < -0.4 is 4.74 Å². The summed E-state index contributed by atoms with van der Waals surface area (Å²) < 4.78 is 19.2. The minimum absolute atomic E-state index is 0.127. The lowest BCUT2D eigenvalue weighted by Gasteiger charge is -2.09. The Bertz CT molecular complexity index is 635. The molecule has 0 heterocycles. The van der Waals surface area contributed by atoms with E-state index in [0.29, 0.717) is 16.9 Å². The van der Waals surface area contributed by atoms with E-state index in [2.05, 4.69) is 0 Å². The maximum absolute atomic E-state index is 13.8. The molecule has 0 spiro atoms. The second-order valence-corrected chi connectivity index (χ2v) is 4.27. The number of ether oxygens (including phenoxy) is 1. The molecule has 19 heavy (non-hydrogen) atoms. The number of carboxylic acid groups (broad SMARTS) is 1. The lowest BCUT2D eigenvalue weighted by molar-refractivity contribution is 0.0696. The summed E-state index contributed by atoms with van der Waals surface area (Å²) in [5.41, 5.74) is 1.27. The van der Waals surface area contributed by atoms with Crippen LogP contribution in [0.3, 0.4) is 0 Å². The Morgan fingerprint density at radius 1 is 1.16 bits per heavy atom. The van der Waals surface area contributed by atoms with E-state index in [4.69, 9.17) is 9.84 Å². The van der Waals surface area contributed by atoms with Crippen molar-refractivity contribution < 1.29 is 19.0 Å². The number of carboxylic acids is 1. The molecule has 2 aromatic rings. The van der Waals surface area contributed by atoms with Gasteiger partial charge in [-0.1, -0.05) is 12.1 Å². The van der Waals surface area contributed by atoms with Gasteiger partial charge in [0.1, 0.15) is 5.75 Å². The lowest BCUT2D eigenvalue weighted by Crippen LogP contribution is -1.99. The highest BCUT2D eigenvalue weighted by Crippen LogP contribution is 2.27. The summed E-state index contributed by atoms with van der Waals surface area (Å²) in [6.07, 6.45) is 0. The highest BCUT2D eigenvalue weighted by molar-refractivity contribution is 5.89. The topological polar surface area (TPSA) is 46.5 Å². The van der Waals surface area contributed by atoms with Crippen LogP contribution in [0.2, 0.25) is 0 Å². The lowest BCUT2D eigenvalue weighted by atomic mass is 10.1. The van der Waals surface area contributed by atoms with Crippen LogP contribution in [0, 0.1) is 19.7 Å². The molecule has 0 saturated carbocycles. The number of hydrogen-bond donors (Lipinski definition) is 1. The first-order valence-corrected chi connectivity index (χ1v) is 5.76. The summed E-state index contributed by atoms with van der Waals surface area (Å²) in [5.74, 6) is -0.872. The van der Waals surface area contributed by atoms with Gasteiger partial charge in [-0.2, -0.15) is 0 Å². The van der Waals surface area contributed by atoms with Crippen LogP contribution in [0.4, 0.5) is 4.39 Å². The summed E-state index contributed by atoms with van der Waals surface area (Å²) in [7, 11) is 0. The SMILES string of the molecule is Cc1cc(Oc2cccc(C)c2F)ccc1C(=O)O. The molecule has 0 aliphatic rings. The standard InChI is InChI=1S/C15H13FO3/c1-9-4-3-5-13(14(9)16)19-11-6-7-12(15(17)18)10(2)8-11/h3-8H,1-2H3,(H,17,18). The van der Waals surface area contributed by atoms with Crippen molar-refractivity contribution in [2.24, 2.45) is 0 Å². The molecule has 0 aliphatic heterocycles. The second kappa shape index (κ2) is 5.10. The smallest absolute Gasteiger partial charge is 0.335 e. The van der Waals surface area contributed by atoms with Crippen molar-refractivity contribution in [1.29, 1.82) is 0 Å². The molecule has 0 radical (unpaired) electrons. The minimum atomic E-state index is -0.995. The average molecular weight is 260 g/mol. The van der Waals surface area contributed by atoms with Crippen molar-refractivity contribution in [3.8, 4) is 11.5 Å². The molecule has 0 bridgehead atoms. The number of rotatable bonds is 3. The Morgan fingerprint density at radius 3 is 2.53 bits per heavy atom. The maximum Gasteiger partial charge on any atom is 0.335 e. The molecule has 0 unspecified atom stereocenters. The van der Waals surface area contributed by atoms with Gasteiger partial charge in [-0.25, -0.2) is 9.18 Å². The van der Waals surface area contributed by atoms with Gasteiger partial charge in [-0.05, 0) is 49.2 Å². The molecule has 0 amide bonds. The summed E-state index contributed by atoms with van der Waals surface area (Å²) in [4.78, 5) is 10.9. The summed E-state index contributed by atoms with van der Waals surface area (Å²) in [5, 5.41) is 8.93. The van der Waals surface area contributed by atoms with E-state index in [1.54, 1.807) is 32.0 Å². The fourth-order valence-electron chi connectivity index (χ4n) is 1.77. The Morgan fingerprint density at radius 2 is 1.89 bits per heavy atom. The van der Waals surface area contributed by atoms with E-state index < -0.39 is 11.8 Å². The molecule has 2 rings (SSSR count). The van der Waals surface area contributed by atoms with Gasteiger partial charge in [0.25, 0.3) is 0 Å².